The lowest BCUT2D eigenvalue weighted by Gasteiger charge is -2.22. The Labute approximate surface area is 170 Å². The fourth-order valence-electron chi connectivity index (χ4n) is 2.57. The van der Waals surface area contributed by atoms with Crippen molar-refractivity contribution >= 4 is 40.5 Å². The van der Waals surface area contributed by atoms with Gasteiger partial charge in [-0.15, -0.1) is 0 Å². The number of thioether (sulfide) groups is 2. The fourth-order valence-corrected chi connectivity index (χ4v) is 3.74. The number of nitrogens with one attached hydrogen (secondary N) is 1. The van der Waals surface area contributed by atoms with Gasteiger partial charge in [0.15, 0.2) is 5.12 Å². The van der Waals surface area contributed by atoms with E-state index in [1.54, 1.807) is 18.7 Å². The maximum absolute atomic E-state index is 12.9. The molecule has 0 unspecified atom stereocenters. The maximum atomic E-state index is 12.9. The number of benzene rings is 1. The summed E-state index contributed by atoms with van der Waals surface area (Å²) in [6, 6.07) is 7.23. The van der Waals surface area contributed by atoms with Gasteiger partial charge >= 0.3 is 5.97 Å². The molecule has 0 aliphatic carbocycles. The van der Waals surface area contributed by atoms with Crippen LogP contribution in [0, 0.1) is 12.8 Å². The first-order valence-electron chi connectivity index (χ1n) is 9.02. The first-order chi connectivity index (χ1) is 12.9. The minimum absolute atomic E-state index is 0.0260. The van der Waals surface area contributed by atoms with Gasteiger partial charge in [0.25, 0.3) is 0 Å². The molecule has 7 heteroatoms. The summed E-state index contributed by atoms with van der Waals surface area (Å²) < 4.78 is 5.10. The molecule has 1 rings (SSSR count). The third-order valence-electron chi connectivity index (χ3n) is 4.08. The molecule has 0 heterocycles. The first kappa shape index (κ1) is 23.6. The van der Waals surface area contributed by atoms with E-state index in [1.165, 1.54) is 6.92 Å². The Bertz CT molecular complexity index is 636. The number of esters is 1. The Hall–Kier alpha value is -1.47. The van der Waals surface area contributed by atoms with Gasteiger partial charge in [-0.2, -0.15) is 11.8 Å². The van der Waals surface area contributed by atoms with Crippen LogP contribution in [0.3, 0.4) is 0 Å². The van der Waals surface area contributed by atoms with Crippen molar-refractivity contribution in [3.63, 3.8) is 0 Å². The van der Waals surface area contributed by atoms with Crippen LogP contribution in [0.2, 0.25) is 0 Å². The third-order valence-corrected chi connectivity index (χ3v) is 5.70. The maximum Gasteiger partial charge on any atom is 0.328 e. The number of rotatable bonds is 11. The van der Waals surface area contributed by atoms with Crippen molar-refractivity contribution in [2.24, 2.45) is 5.92 Å². The molecule has 1 aromatic rings. The quantitative estimate of drug-likeness (QED) is 0.564. The Kier molecular flexibility index (Phi) is 11.2. The Morgan fingerprint density at radius 3 is 2.52 bits per heavy atom. The largest absolute Gasteiger partial charge is 0.464 e. The van der Waals surface area contributed by atoms with Crippen LogP contribution in [0.5, 0.6) is 0 Å². The Balaban J connectivity index is 2.90. The molecule has 5 nitrogen and oxygen atoms in total. The van der Waals surface area contributed by atoms with E-state index in [0.29, 0.717) is 18.6 Å². The topological polar surface area (TPSA) is 72.5 Å². The summed E-state index contributed by atoms with van der Waals surface area (Å²) in [4.78, 5) is 36.5. The van der Waals surface area contributed by atoms with E-state index in [0.717, 1.165) is 28.6 Å². The van der Waals surface area contributed by atoms with E-state index < -0.39 is 17.9 Å². The molecule has 0 aliphatic rings. The molecule has 2 atom stereocenters. The number of carbonyl (C=O) groups excluding carboxylic acids is 3. The number of carbonyl (C=O) groups is 3. The highest BCUT2D eigenvalue weighted by Gasteiger charge is 2.27. The first-order valence-corrected chi connectivity index (χ1v) is 11.4. The van der Waals surface area contributed by atoms with Gasteiger partial charge < -0.3 is 10.1 Å². The highest BCUT2D eigenvalue weighted by Crippen LogP contribution is 2.19. The zero-order chi connectivity index (χ0) is 20.2. The van der Waals surface area contributed by atoms with E-state index in [9.17, 15) is 14.4 Å². The van der Waals surface area contributed by atoms with Crippen molar-refractivity contribution in [3.8, 4) is 0 Å². The molecular formula is C20H29NO4S2. The van der Waals surface area contributed by atoms with Gasteiger partial charge in [-0.05, 0) is 49.8 Å². The number of amides is 1. The molecule has 0 bridgehead atoms. The summed E-state index contributed by atoms with van der Waals surface area (Å²) in [5.41, 5.74) is 2.17. The van der Waals surface area contributed by atoms with Crippen LogP contribution in [-0.4, -0.2) is 47.4 Å². The molecule has 0 fully saturated rings. The zero-order valence-corrected chi connectivity index (χ0v) is 18.1. The van der Waals surface area contributed by atoms with Gasteiger partial charge in [0.1, 0.15) is 6.04 Å². The van der Waals surface area contributed by atoms with E-state index in [-0.39, 0.29) is 17.6 Å². The van der Waals surface area contributed by atoms with Gasteiger partial charge in [-0.3, -0.25) is 9.59 Å². The lowest BCUT2D eigenvalue weighted by atomic mass is 9.96. The van der Waals surface area contributed by atoms with Crippen LogP contribution in [0.15, 0.2) is 24.3 Å². The Morgan fingerprint density at radius 1 is 1.22 bits per heavy atom. The van der Waals surface area contributed by atoms with Crippen molar-refractivity contribution < 1.29 is 19.1 Å². The van der Waals surface area contributed by atoms with Crippen molar-refractivity contribution in [2.75, 3.05) is 24.4 Å². The predicted octanol–water partition coefficient (Wildman–Crippen LogP) is 3.23. The number of ether oxygens (including phenoxy) is 1. The van der Waals surface area contributed by atoms with Crippen LogP contribution in [0.1, 0.15) is 31.4 Å². The monoisotopic (exact) mass is 411 g/mol. The zero-order valence-electron chi connectivity index (χ0n) is 16.4. The Morgan fingerprint density at radius 2 is 1.93 bits per heavy atom. The molecule has 27 heavy (non-hydrogen) atoms. The van der Waals surface area contributed by atoms with E-state index in [2.05, 4.69) is 5.32 Å². The SMILES string of the molecule is CCOC(=O)[C@H](CCSC)NC(=O)[C@@H](CSC(C)=O)Cc1ccccc1C. The lowest BCUT2D eigenvalue weighted by Crippen LogP contribution is -2.46. The molecule has 0 radical (unpaired) electrons. The molecule has 0 aliphatic heterocycles. The third kappa shape index (κ3) is 8.84. The second kappa shape index (κ2) is 12.8. The molecule has 150 valence electrons. The van der Waals surface area contributed by atoms with Crippen LogP contribution in [-0.2, 0) is 25.5 Å². The van der Waals surface area contributed by atoms with Gasteiger partial charge in [0, 0.05) is 12.7 Å². The van der Waals surface area contributed by atoms with Gasteiger partial charge in [0.05, 0.1) is 12.5 Å². The van der Waals surface area contributed by atoms with E-state index in [4.69, 9.17) is 4.74 Å². The fraction of sp³-hybridized carbons (Fsp3) is 0.550. The van der Waals surface area contributed by atoms with Crippen LogP contribution >= 0.6 is 23.5 Å². The average Bonchev–Trinajstić information content (AvgIpc) is 2.63. The van der Waals surface area contributed by atoms with Crippen molar-refractivity contribution in [3.05, 3.63) is 35.4 Å². The van der Waals surface area contributed by atoms with Crippen LogP contribution < -0.4 is 5.32 Å². The normalized spacial score (nSPS) is 12.9. The average molecular weight is 412 g/mol. The van der Waals surface area contributed by atoms with Crippen LogP contribution in [0.25, 0.3) is 0 Å². The number of hydrogen-bond donors (Lipinski definition) is 1. The standard InChI is InChI=1S/C20H29NO4S2/c1-5-25-20(24)18(10-11-26-4)21-19(23)17(13-27-15(3)22)12-16-9-7-6-8-14(16)2/h6-9,17-18H,5,10-13H2,1-4H3,(H,21,23)/t17-,18+/m1/s1. The minimum Gasteiger partial charge on any atom is -0.464 e. The van der Waals surface area contributed by atoms with E-state index in [1.807, 2.05) is 37.4 Å². The van der Waals surface area contributed by atoms with Crippen molar-refractivity contribution in [1.82, 2.24) is 5.32 Å². The predicted molar refractivity (Wildman–Crippen MR) is 113 cm³/mol. The van der Waals surface area contributed by atoms with Gasteiger partial charge in [0.2, 0.25) is 5.91 Å². The smallest absolute Gasteiger partial charge is 0.328 e. The van der Waals surface area contributed by atoms with Crippen LogP contribution in [0.4, 0.5) is 0 Å². The van der Waals surface area contributed by atoms with Gasteiger partial charge in [-0.1, -0.05) is 36.0 Å². The highest BCUT2D eigenvalue weighted by molar-refractivity contribution is 8.13. The molecule has 1 amide bonds. The second-order valence-corrected chi connectivity index (χ2v) is 8.41. The summed E-state index contributed by atoms with van der Waals surface area (Å²) in [7, 11) is 0. The second-order valence-electron chi connectivity index (χ2n) is 6.22. The van der Waals surface area contributed by atoms with E-state index >= 15 is 0 Å². The van der Waals surface area contributed by atoms with Gasteiger partial charge in [-0.25, -0.2) is 4.79 Å². The molecule has 1 aromatic carbocycles. The van der Waals surface area contributed by atoms with Crippen molar-refractivity contribution in [2.45, 2.75) is 39.7 Å². The van der Waals surface area contributed by atoms with Crippen molar-refractivity contribution in [1.29, 1.82) is 0 Å². The molecule has 0 saturated heterocycles. The molecule has 0 saturated carbocycles. The molecule has 0 spiro atoms. The summed E-state index contributed by atoms with van der Waals surface area (Å²) in [6.07, 6.45) is 2.99. The molecule has 1 N–H and O–H groups in total. The highest BCUT2D eigenvalue weighted by atomic mass is 32.2. The summed E-state index contributed by atoms with van der Waals surface area (Å²) in [5.74, 6) is 0.105. The number of hydrogen-bond acceptors (Lipinski definition) is 6. The summed E-state index contributed by atoms with van der Waals surface area (Å²) >= 11 is 2.75. The minimum atomic E-state index is -0.661. The summed E-state index contributed by atoms with van der Waals surface area (Å²) in [6.45, 7) is 5.52. The lowest BCUT2D eigenvalue weighted by molar-refractivity contribution is -0.147. The molecule has 0 aromatic heterocycles. The molecular weight excluding hydrogens is 382 g/mol. The number of aryl methyl sites for hydroxylation is 1. The summed E-state index contributed by atoms with van der Waals surface area (Å²) in [5, 5.41) is 2.82.